The fourth-order valence-corrected chi connectivity index (χ4v) is 3.79. The van der Waals surface area contributed by atoms with Crippen molar-refractivity contribution in [3.05, 3.63) is 54.4 Å². The Kier molecular flexibility index (Phi) is 6.43. The number of alkyl halides is 3. The topological polar surface area (TPSA) is 72.0 Å². The molecule has 2 aromatic heterocycles. The van der Waals surface area contributed by atoms with Gasteiger partial charge < -0.3 is 15.4 Å². The molecule has 168 valence electrons. The first-order valence-corrected chi connectivity index (χ1v) is 10.6. The number of pyridine rings is 1. The number of benzene rings is 1. The molecule has 32 heavy (non-hydrogen) atoms. The maximum absolute atomic E-state index is 12.5. The van der Waals surface area contributed by atoms with Gasteiger partial charge in [-0.05, 0) is 55.7 Å². The third-order valence-corrected chi connectivity index (χ3v) is 5.33. The van der Waals surface area contributed by atoms with Gasteiger partial charge in [0.2, 0.25) is 5.95 Å². The second-order valence-corrected chi connectivity index (χ2v) is 7.83. The van der Waals surface area contributed by atoms with Crippen molar-refractivity contribution < 1.29 is 17.9 Å². The minimum atomic E-state index is -4.73. The number of halogens is 3. The van der Waals surface area contributed by atoms with Crippen LogP contribution >= 0.6 is 0 Å². The molecule has 0 radical (unpaired) electrons. The molecule has 1 saturated carbocycles. The molecule has 1 aromatic carbocycles. The van der Waals surface area contributed by atoms with Crippen LogP contribution in [-0.2, 0) is 0 Å². The second-order valence-electron chi connectivity index (χ2n) is 7.83. The molecule has 3 aromatic rings. The number of hydrogen-bond donors (Lipinski definition) is 2. The van der Waals surface area contributed by atoms with Crippen molar-refractivity contribution in [2.75, 3.05) is 10.6 Å². The van der Waals surface area contributed by atoms with Crippen molar-refractivity contribution in [2.24, 2.45) is 0 Å². The van der Waals surface area contributed by atoms with Crippen molar-refractivity contribution >= 4 is 17.5 Å². The van der Waals surface area contributed by atoms with Crippen LogP contribution in [0.4, 0.5) is 30.6 Å². The van der Waals surface area contributed by atoms with Crippen molar-refractivity contribution in [1.82, 2.24) is 15.0 Å². The smallest absolute Gasteiger partial charge is 0.406 e. The Labute approximate surface area is 184 Å². The lowest BCUT2D eigenvalue weighted by Crippen LogP contribution is -2.23. The average molecular weight is 443 g/mol. The number of hydrogen-bond acceptors (Lipinski definition) is 6. The van der Waals surface area contributed by atoms with Gasteiger partial charge >= 0.3 is 6.36 Å². The monoisotopic (exact) mass is 443 g/mol. The van der Waals surface area contributed by atoms with Crippen LogP contribution in [0.15, 0.2) is 48.8 Å². The molecule has 0 amide bonds. The highest BCUT2D eigenvalue weighted by molar-refractivity contribution is 5.68. The van der Waals surface area contributed by atoms with Crippen LogP contribution in [0.3, 0.4) is 0 Å². The zero-order chi connectivity index (χ0) is 22.6. The lowest BCUT2D eigenvalue weighted by atomic mass is 9.96. The summed E-state index contributed by atoms with van der Waals surface area (Å²) >= 11 is 0. The Bertz CT molecular complexity index is 1050. The number of nitrogens with zero attached hydrogens (tertiary/aromatic N) is 3. The highest BCUT2D eigenvalue weighted by Gasteiger charge is 2.31. The quantitative estimate of drug-likeness (QED) is 0.470. The van der Waals surface area contributed by atoms with Crippen molar-refractivity contribution in [2.45, 2.75) is 51.4 Å². The Balaban J connectivity index is 1.61. The molecule has 1 aliphatic carbocycles. The molecule has 0 bridgehead atoms. The Morgan fingerprint density at radius 3 is 2.41 bits per heavy atom. The van der Waals surface area contributed by atoms with Gasteiger partial charge in [0.15, 0.2) is 0 Å². The molecular weight excluding hydrogens is 419 g/mol. The van der Waals surface area contributed by atoms with Crippen LogP contribution in [0.2, 0.25) is 0 Å². The summed E-state index contributed by atoms with van der Waals surface area (Å²) in [5.41, 5.74) is 2.83. The predicted octanol–water partition coefficient (Wildman–Crippen LogP) is 6.23. The van der Waals surface area contributed by atoms with E-state index in [1.165, 1.54) is 31.4 Å². The maximum atomic E-state index is 12.5. The molecule has 2 heterocycles. The van der Waals surface area contributed by atoms with Crippen molar-refractivity contribution in [1.29, 1.82) is 0 Å². The Hall–Kier alpha value is -3.36. The molecular formula is C23H24F3N5O. The molecule has 6 nitrogen and oxygen atoms in total. The first-order chi connectivity index (χ1) is 15.4. The summed E-state index contributed by atoms with van der Waals surface area (Å²) in [6.07, 6.45) is 4.42. The third kappa shape index (κ3) is 5.87. The second kappa shape index (κ2) is 9.42. The number of aryl methyl sites for hydroxylation is 1. The van der Waals surface area contributed by atoms with Gasteiger partial charge in [-0.25, -0.2) is 4.98 Å². The minimum Gasteiger partial charge on any atom is -0.406 e. The predicted molar refractivity (Wildman–Crippen MR) is 117 cm³/mol. The summed E-state index contributed by atoms with van der Waals surface area (Å²) in [6, 6.07) is 10.0. The fraction of sp³-hybridized carbons (Fsp3) is 0.348. The zero-order valence-corrected chi connectivity index (χ0v) is 17.6. The molecule has 0 spiro atoms. The first kappa shape index (κ1) is 21.9. The molecule has 0 saturated heterocycles. The minimum absolute atomic E-state index is 0.264. The molecule has 0 unspecified atom stereocenters. The van der Waals surface area contributed by atoms with Crippen LogP contribution < -0.4 is 15.4 Å². The SMILES string of the molecule is Cc1cc(OC(F)(F)F)ccc1Nc1cc(-c2ccncc2)nc(NC2CCCCC2)n1. The summed E-state index contributed by atoms with van der Waals surface area (Å²) in [6.45, 7) is 1.71. The Morgan fingerprint density at radius 2 is 1.72 bits per heavy atom. The number of aromatic nitrogens is 3. The van der Waals surface area contributed by atoms with E-state index in [0.717, 1.165) is 24.1 Å². The summed E-state index contributed by atoms with van der Waals surface area (Å²) < 4.78 is 41.5. The van der Waals surface area contributed by atoms with Gasteiger partial charge in [0.25, 0.3) is 0 Å². The van der Waals surface area contributed by atoms with E-state index in [9.17, 15) is 13.2 Å². The number of ether oxygens (including phenoxy) is 1. The van der Waals surface area contributed by atoms with E-state index in [4.69, 9.17) is 0 Å². The first-order valence-electron chi connectivity index (χ1n) is 10.6. The van der Waals surface area contributed by atoms with Gasteiger partial charge in [-0.15, -0.1) is 13.2 Å². The van der Waals surface area contributed by atoms with Gasteiger partial charge in [-0.3, -0.25) is 4.98 Å². The fourth-order valence-electron chi connectivity index (χ4n) is 3.79. The standard InChI is InChI=1S/C23H24F3N5O/c1-15-13-18(32-23(24,25)26)7-8-19(15)29-21-14-20(16-9-11-27-12-10-16)30-22(31-21)28-17-5-3-2-4-6-17/h7-14,17H,2-6H2,1H3,(H2,28,29,30,31). The Morgan fingerprint density at radius 1 is 0.969 bits per heavy atom. The van der Waals surface area contributed by atoms with Gasteiger partial charge in [-0.2, -0.15) is 4.98 Å². The molecule has 9 heteroatoms. The van der Waals surface area contributed by atoms with E-state index in [2.05, 4.69) is 30.3 Å². The zero-order valence-electron chi connectivity index (χ0n) is 17.6. The van der Waals surface area contributed by atoms with Crippen molar-refractivity contribution in [3.63, 3.8) is 0 Å². The van der Waals surface area contributed by atoms with E-state index >= 15 is 0 Å². The molecule has 4 rings (SSSR count). The van der Waals surface area contributed by atoms with Crippen LogP contribution in [0, 0.1) is 6.92 Å². The van der Waals surface area contributed by atoms with E-state index in [0.29, 0.717) is 29.1 Å². The maximum Gasteiger partial charge on any atom is 0.573 e. The van der Waals surface area contributed by atoms with Gasteiger partial charge in [0.1, 0.15) is 11.6 Å². The average Bonchev–Trinajstić information content (AvgIpc) is 2.76. The molecule has 1 aliphatic rings. The highest BCUT2D eigenvalue weighted by Crippen LogP contribution is 2.30. The van der Waals surface area contributed by atoms with E-state index in [-0.39, 0.29) is 5.75 Å². The van der Waals surface area contributed by atoms with Gasteiger partial charge in [-0.1, -0.05) is 19.3 Å². The normalized spacial score (nSPS) is 14.8. The van der Waals surface area contributed by atoms with E-state index in [1.54, 1.807) is 31.5 Å². The lowest BCUT2D eigenvalue weighted by molar-refractivity contribution is -0.274. The van der Waals surface area contributed by atoms with Gasteiger partial charge in [0.05, 0.1) is 5.69 Å². The van der Waals surface area contributed by atoms with E-state index < -0.39 is 6.36 Å². The summed E-state index contributed by atoms with van der Waals surface area (Å²) in [4.78, 5) is 13.3. The summed E-state index contributed by atoms with van der Waals surface area (Å²) in [7, 11) is 0. The van der Waals surface area contributed by atoms with Gasteiger partial charge in [0, 0.05) is 35.8 Å². The molecule has 2 N–H and O–H groups in total. The highest BCUT2D eigenvalue weighted by atomic mass is 19.4. The van der Waals surface area contributed by atoms with E-state index in [1.807, 2.05) is 12.1 Å². The van der Waals surface area contributed by atoms with Crippen LogP contribution in [0.5, 0.6) is 5.75 Å². The molecule has 1 fully saturated rings. The largest absolute Gasteiger partial charge is 0.573 e. The third-order valence-electron chi connectivity index (χ3n) is 5.33. The van der Waals surface area contributed by atoms with Crippen molar-refractivity contribution in [3.8, 4) is 17.0 Å². The number of nitrogens with one attached hydrogen (secondary N) is 2. The van der Waals surface area contributed by atoms with Crippen LogP contribution in [-0.4, -0.2) is 27.4 Å². The number of anilines is 3. The van der Waals surface area contributed by atoms with Crippen LogP contribution in [0.25, 0.3) is 11.3 Å². The molecule has 0 atom stereocenters. The lowest BCUT2D eigenvalue weighted by Gasteiger charge is -2.23. The summed E-state index contributed by atoms with van der Waals surface area (Å²) in [5, 5.41) is 6.65. The molecule has 0 aliphatic heterocycles. The van der Waals surface area contributed by atoms with Crippen LogP contribution in [0.1, 0.15) is 37.7 Å². The summed E-state index contributed by atoms with van der Waals surface area (Å²) in [5.74, 6) is 0.793. The number of rotatable bonds is 6.